The molecule has 0 aliphatic rings. The molecule has 0 atom stereocenters. The molecule has 0 saturated heterocycles. The Kier molecular flexibility index (Phi) is 3.73. The minimum atomic E-state index is -0.285. The lowest BCUT2D eigenvalue weighted by molar-refractivity contribution is 0.618. The van der Waals surface area contributed by atoms with E-state index in [1.807, 2.05) is 6.92 Å². The molecule has 0 aliphatic carbocycles. The minimum Gasteiger partial charge on any atom is -0.378 e. The molecule has 0 amide bonds. The molecule has 1 N–H and O–H groups in total. The average molecular weight is 299 g/mol. The Morgan fingerprint density at radius 1 is 1.47 bits per heavy atom. The van der Waals surface area contributed by atoms with Gasteiger partial charge in [0, 0.05) is 12.2 Å². The first-order chi connectivity index (χ1) is 8.20. The summed E-state index contributed by atoms with van der Waals surface area (Å²) in [5, 5.41) is 7.17. The molecule has 0 aliphatic heterocycles. The van der Waals surface area contributed by atoms with Crippen molar-refractivity contribution in [2.24, 2.45) is 0 Å². The summed E-state index contributed by atoms with van der Waals surface area (Å²) in [5.74, 6) is 0.544. The molecule has 0 saturated carbocycles. The normalized spacial score (nSPS) is 10.5. The van der Waals surface area contributed by atoms with E-state index >= 15 is 0 Å². The lowest BCUT2D eigenvalue weighted by Crippen LogP contribution is -2.09. The fourth-order valence-corrected chi connectivity index (χ4v) is 1.72. The van der Waals surface area contributed by atoms with Crippen molar-refractivity contribution in [2.75, 3.05) is 5.32 Å². The second-order valence-corrected chi connectivity index (χ2v) is 4.33. The molecule has 0 radical (unpaired) electrons. The number of hydrogen-bond acceptors (Lipinski definition) is 3. The molecule has 0 fully saturated rings. The largest absolute Gasteiger partial charge is 0.378 e. The number of nitrogens with zero attached hydrogens (tertiary/aromatic N) is 3. The second-order valence-electron chi connectivity index (χ2n) is 3.47. The van der Waals surface area contributed by atoms with E-state index in [0.717, 1.165) is 18.1 Å². The topological polar surface area (TPSA) is 42.7 Å². The molecule has 0 spiro atoms. The molecule has 4 nitrogen and oxygen atoms in total. The molecule has 1 aromatic carbocycles. The zero-order chi connectivity index (χ0) is 12.3. The van der Waals surface area contributed by atoms with Crippen LogP contribution in [0.5, 0.6) is 0 Å². The zero-order valence-electron chi connectivity index (χ0n) is 9.32. The van der Waals surface area contributed by atoms with Crippen molar-refractivity contribution in [2.45, 2.75) is 20.0 Å². The maximum absolute atomic E-state index is 13.3. The SMILES string of the molecule is CCn1ncnc1CNc1ccc(Br)c(F)c1. The smallest absolute Gasteiger partial charge is 0.146 e. The fourth-order valence-electron chi connectivity index (χ4n) is 1.48. The van der Waals surface area contributed by atoms with Gasteiger partial charge in [0.2, 0.25) is 0 Å². The van der Waals surface area contributed by atoms with Crippen LogP contribution in [-0.2, 0) is 13.1 Å². The molecule has 2 rings (SSSR count). The quantitative estimate of drug-likeness (QED) is 0.944. The van der Waals surface area contributed by atoms with Crippen molar-refractivity contribution < 1.29 is 4.39 Å². The highest BCUT2D eigenvalue weighted by molar-refractivity contribution is 9.10. The van der Waals surface area contributed by atoms with Crippen molar-refractivity contribution in [3.8, 4) is 0 Å². The van der Waals surface area contributed by atoms with Gasteiger partial charge in [0.15, 0.2) is 0 Å². The van der Waals surface area contributed by atoms with E-state index in [1.165, 1.54) is 12.4 Å². The third-order valence-corrected chi connectivity index (χ3v) is 3.01. The van der Waals surface area contributed by atoms with Crippen molar-refractivity contribution >= 4 is 21.6 Å². The average Bonchev–Trinajstić information content (AvgIpc) is 2.78. The number of nitrogens with one attached hydrogen (secondary N) is 1. The predicted molar refractivity (Wildman–Crippen MR) is 67.1 cm³/mol. The summed E-state index contributed by atoms with van der Waals surface area (Å²) in [4.78, 5) is 4.13. The van der Waals surface area contributed by atoms with Gasteiger partial charge in [-0.1, -0.05) is 0 Å². The van der Waals surface area contributed by atoms with Gasteiger partial charge in [0.05, 0.1) is 11.0 Å². The Hall–Kier alpha value is -1.43. The molecule has 1 aromatic heterocycles. The lowest BCUT2D eigenvalue weighted by Gasteiger charge is -2.07. The van der Waals surface area contributed by atoms with Gasteiger partial charge in [-0.05, 0) is 41.1 Å². The van der Waals surface area contributed by atoms with Gasteiger partial charge in [-0.25, -0.2) is 14.1 Å². The molecular formula is C11H12BrFN4. The highest BCUT2D eigenvalue weighted by atomic mass is 79.9. The van der Waals surface area contributed by atoms with Crippen LogP contribution in [0.2, 0.25) is 0 Å². The lowest BCUT2D eigenvalue weighted by atomic mass is 10.3. The van der Waals surface area contributed by atoms with Crippen molar-refractivity contribution in [1.29, 1.82) is 0 Å². The summed E-state index contributed by atoms with van der Waals surface area (Å²) >= 11 is 3.11. The van der Waals surface area contributed by atoms with Crippen LogP contribution in [0, 0.1) is 5.82 Å². The van der Waals surface area contributed by atoms with E-state index in [2.05, 4.69) is 31.3 Å². The maximum Gasteiger partial charge on any atom is 0.146 e. The van der Waals surface area contributed by atoms with Gasteiger partial charge in [-0.15, -0.1) is 0 Å². The molecule has 6 heteroatoms. The Morgan fingerprint density at radius 2 is 2.29 bits per heavy atom. The first kappa shape index (κ1) is 12.0. The van der Waals surface area contributed by atoms with Crippen molar-refractivity contribution in [3.63, 3.8) is 0 Å². The van der Waals surface area contributed by atoms with Crippen LogP contribution in [0.15, 0.2) is 29.0 Å². The molecule has 90 valence electrons. The first-order valence-electron chi connectivity index (χ1n) is 5.26. The Balaban J connectivity index is 2.05. The van der Waals surface area contributed by atoms with Crippen LogP contribution >= 0.6 is 15.9 Å². The number of rotatable bonds is 4. The Bertz CT molecular complexity index is 512. The third-order valence-electron chi connectivity index (χ3n) is 2.37. The summed E-state index contributed by atoms with van der Waals surface area (Å²) in [6.07, 6.45) is 1.52. The van der Waals surface area contributed by atoms with Gasteiger partial charge in [0.25, 0.3) is 0 Å². The number of anilines is 1. The second kappa shape index (κ2) is 5.27. The first-order valence-corrected chi connectivity index (χ1v) is 6.05. The number of halogens is 2. The van der Waals surface area contributed by atoms with Gasteiger partial charge in [-0.3, -0.25) is 0 Å². The van der Waals surface area contributed by atoms with Crippen LogP contribution < -0.4 is 5.32 Å². The van der Waals surface area contributed by atoms with Gasteiger partial charge < -0.3 is 5.32 Å². The summed E-state index contributed by atoms with van der Waals surface area (Å²) in [6.45, 7) is 3.29. The standard InChI is InChI=1S/C11H12BrFN4/c1-2-17-11(15-7-16-17)6-14-8-3-4-9(12)10(13)5-8/h3-5,7,14H,2,6H2,1H3. The van der Waals surface area contributed by atoms with Crippen molar-refractivity contribution in [3.05, 3.63) is 40.6 Å². The highest BCUT2D eigenvalue weighted by Gasteiger charge is 2.04. The molecule has 2 aromatic rings. The molecule has 1 heterocycles. The fraction of sp³-hybridized carbons (Fsp3) is 0.273. The number of aromatic nitrogens is 3. The van der Waals surface area contributed by atoms with E-state index < -0.39 is 0 Å². The summed E-state index contributed by atoms with van der Waals surface area (Å²) in [6, 6.07) is 4.92. The minimum absolute atomic E-state index is 0.285. The number of hydrogen-bond donors (Lipinski definition) is 1. The van der Waals surface area contributed by atoms with E-state index in [1.54, 1.807) is 16.8 Å². The predicted octanol–water partition coefficient (Wildman–Crippen LogP) is 2.81. The molecular weight excluding hydrogens is 287 g/mol. The highest BCUT2D eigenvalue weighted by Crippen LogP contribution is 2.19. The van der Waals surface area contributed by atoms with E-state index in [9.17, 15) is 4.39 Å². The van der Waals surface area contributed by atoms with E-state index in [-0.39, 0.29) is 5.82 Å². The number of benzene rings is 1. The Labute approximate surface area is 107 Å². The van der Waals surface area contributed by atoms with Gasteiger partial charge >= 0.3 is 0 Å². The Morgan fingerprint density at radius 3 is 3.00 bits per heavy atom. The van der Waals surface area contributed by atoms with Crippen LogP contribution in [0.1, 0.15) is 12.7 Å². The maximum atomic E-state index is 13.3. The third kappa shape index (κ3) is 2.82. The van der Waals surface area contributed by atoms with Crippen LogP contribution in [0.4, 0.5) is 10.1 Å². The van der Waals surface area contributed by atoms with Crippen LogP contribution in [0.3, 0.4) is 0 Å². The monoisotopic (exact) mass is 298 g/mol. The van der Waals surface area contributed by atoms with Crippen LogP contribution in [-0.4, -0.2) is 14.8 Å². The van der Waals surface area contributed by atoms with Gasteiger partial charge in [0.1, 0.15) is 18.0 Å². The van der Waals surface area contributed by atoms with E-state index in [4.69, 9.17) is 0 Å². The summed E-state index contributed by atoms with van der Waals surface area (Å²) < 4.78 is 15.5. The number of aryl methyl sites for hydroxylation is 1. The summed E-state index contributed by atoms with van der Waals surface area (Å²) in [5.41, 5.74) is 0.719. The van der Waals surface area contributed by atoms with Crippen LogP contribution in [0.25, 0.3) is 0 Å². The molecule has 0 unspecified atom stereocenters. The zero-order valence-corrected chi connectivity index (χ0v) is 10.9. The summed E-state index contributed by atoms with van der Waals surface area (Å²) in [7, 11) is 0. The van der Waals surface area contributed by atoms with E-state index in [0.29, 0.717) is 11.0 Å². The van der Waals surface area contributed by atoms with Crippen molar-refractivity contribution in [1.82, 2.24) is 14.8 Å². The molecule has 17 heavy (non-hydrogen) atoms. The van der Waals surface area contributed by atoms with Gasteiger partial charge in [-0.2, -0.15) is 5.10 Å². The molecule has 0 bridgehead atoms.